The number of nitro groups is 1. The van der Waals surface area contributed by atoms with E-state index in [1.54, 1.807) is 37.3 Å². The summed E-state index contributed by atoms with van der Waals surface area (Å²) in [6.45, 7) is 1.93. The Labute approximate surface area is 165 Å². The van der Waals surface area contributed by atoms with E-state index in [-0.39, 0.29) is 11.4 Å². The Morgan fingerprint density at radius 3 is 2.70 bits per heavy atom. The van der Waals surface area contributed by atoms with E-state index in [9.17, 15) is 19.7 Å². The van der Waals surface area contributed by atoms with Gasteiger partial charge in [0.1, 0.15) is 5.92 Å². The quantitative estimate of drug-likeness (QED) is 0.466. The van der Waals surface area contributed by atoms with Crippen molar-refractivity contribution in [2.75, 3.05) is 16.8 Å². The number of halogens is 2. The number of nitrogens with one attached hydrogen (secondary N) is 1. The number of nitrogens with zero attached hydrogens (tertiary/aromatic N) is 2. The fourth-order valence-electron chi connectivity index (χ4n) is 2.97. The van der Waals surface area contributed by atoms with Crippen LogP contribution in [0, 0.1) is 23.0 Å². The lowest BCUT2D eigenvalue weighted by Gasteiger charge is -2.18. The Kier molecular flexibility index (Phi) is 5.34. The molecule has 1 heterocycles. The number of amides is 2. The average molecular weight is 408 g/mol. The van der Waals surface area contributed by atoms with Crippen molar-refractivity contribution in [1.29, 1.82) is 0 Å². The van der Waals surface area contributed by atoms with Gasteiger partial charge in [-0.3, -0.25) is 19.7 Å². The number of carbonyl (C=O) groups excluding carboxylic acids is 2. The first-order chi connectivity index (χ1) is 12.8. The van der Waals surface area contributed by atoms with Crippen LogP contribution in [0.15, 0.2) is 36.4 Å². The standard InChI is InChI=1S/C18H15Cl2N3O4/c1-10-2-4-12(9-15(10)23(26)27)21-17(24)13-6-7-22(18(13)25)16-8-11(19)3-5-14(16)20/h2-5,8-9,13H,6-7H2,1H3,(H,21,24). The minimum Gasteiger partial charge on any atom is -0.325 e. The van der Waals surface area contributed by atoms with Gasteiger partial charge in [-0.05, 0) is 37.6 Å². The minimum absolute atomic E-state index is 0.0992. The van der Waals surface area contributed by atoms with Crippen molar-refractivity contribution in [2.45, 2.75) is 13.3 Å². The van der Waals surface area contributed by atoms with Gasteiger partial charge in [0.25, 0.3) is 5.69 Å². The molecule has 1 atom stereocenters. The molecule has 1 aliphatic heterocycles. The van der Waals surface area contributed by atoms with Crippen LogP contribution >= 0.6 is 23.2 Å². The van der Waals surface area contributed by atoms with Gasteiger partial charge in [0, 0.05) is 28.9 Å². The third-order valence-corrected chi connectivity index (χ3v) is 4.95. The molecule has 0 spiro atoms. The van der Waals surface area contributed by atoms with Crippen LogP contribution in [0.25, 0.3) is 0 Å². The SMILES string of the molecule is Cc1ccc(NC(=O)C2CCN(c3cc(Cl)ccc3Cl)C2=O)cc1[N+](=O)[O-]. The van der Waals surface area contributed by atoms with Crippen LogP contribution in [0.1, 0.15) is 12.0 Å². The number of rotatable bonds is 4. The highest BCUT2D eigenvalue weighted by molar-refractivity contribution is 6.36. The number of nitro benzene ring substituents is 1. The maximum atomic E-state index is 12.7. The van der Waals surface area contributed by atoms with Crippen molar-refractivity contribution in [3.05, 3.63) is 62.1 Å². The highest BCUT2D eigenvalue weighted by Gasteiger charge is 2.38. The first-order valence-corrected chi connectivity index (χ1v) is 8.86. The fourth-order valence-corrected chi connectivity index (χ4v) is 3.35. The first-order valence-electron chi connectivity index (χ1n) is 8.10. The summed E-state index contributed by atoms with van der Waals surface area (Å²) in [5.41, 5.74) is 1.11. The lowest BCUT2D eigenvalue weighted by molar-refractivity contribution is -0.385. The molecule has 0 saturated carbocycles. The molecule has 140 valence electrons. The van der Waals surface area contributed by atoms with Gasteiger partial charge in [-0.1, -0.05) is 29.3 Å². The predicted octanol–water partition coefficient (Wildman–Crippen LogP) is 4.20. The van der Waals surface area contributed by atoms with Gasteiger partial charge in [-0.25, -0.2) is 0 Å². The predicted molar refractivity (Wildman–Crippen MR) is 103 cm³/mol. The van der Waals surface area contributed by atoms with E-state index in [1.165, 1.54) is 11.0 Å². The summed E-state index contributed by atoms with van der Waals surface area (Å²) in [4.78, 5) is 37.2. The second-order valence-electron chi connectivity index (χ2n) is 6.17. The third kappa shape index (κ3) is 3.89. The van der Waals surface area contributed by atoms with Crippen LogP contribution in [-0.4, -0.2) is 23.3 Å². The molecule has 0 radical (unpaired) electrons. The summed E-state index contributed by atoms with van der Waals surface area (Å²) >= 11 is 12.1. The molecule has 1 aliphatic rings. The van der Waals surface area contributed by atoms with Gasteiger partial charge < -0.3 is 10.2 Å². The van der Waals surface area contributed by atoms with Crippen molar-refractivity contribution in [2.24, 2.45) is 5.92 Å². The molecule has 7 nitrogen and oxygen atoms in total. The molecule has 27 heavy (non-hydrogen) atoms. The van der Waals surface area contributed by atoms with Crippen molar-refractivity contribution in [3.8, 4) is 0 Å². The van der Waals surface area contributed by atoms with Crippen LogP contribution < -0.4 is 10.2 Å². The zero-order chi connectivity index (χ0) is 19.7. The van der Waals surface area contributed by atoms with E-state index in [4.69, 9.17) is 23.2 Å². The highest BCUT2D eigenvalue weighted by Crippen LogP contribution is 2.34. The molecular weight excluding hydrogens is 393 g/mol. The van der Waals surface area contributed by atoms with E-state index in [0.29, 0.717) is 34.3 Å². The number of hydrogen-bond acceptors (Lipinski definition) is 4. The molecule has 0 bridgehead atoms. The topological polar surface area (TPSA) is 92.6 Å². The lowest BCUT2D eigenvalue weighted by atomic mass is 10.1. The molecule has 2 aromatic rings. The van der Waals surface area contributed by atoms with Gasteiger partial charge >= 0.3 is 0 Å². The molecule has 9 heteroatoms. The summed E-state index contributed by atoms with van der Waals surface area (Å²) in [6.07, 6.45) is 0.307. The maximum absolute atomic E-state index is 12.7. The smallest absolute Gasteiger partial charge is 0.274 e. The molecular formula is C18H15Cl2N3O4. The summed E-state index contributed by atoms with van der Waals surface area (Å²) < 4.78 is 0. The van der Waals surface area contributed by atoms with Gasteiger partial charge in [-0.15, -0.1) is 0 Å². The van der Waals surface area contributed by atoms with E-state index in [0.717, 1.165) is 0 Å². The number of anilines is 2. The van der Waals surface area contributed by atoms with Crippen molar-refractivity contribution < 1.29 is 14.5 Å². The number of carbonyl (C=O) groups is 2. The van der Waals surface area contributed by atoms with Crippen LogP contribution in [0.3, 0.4) is 0 Å². The molecule has 3 rings (SSSR count). The molecule has 0 aromatic heterocycles. The Balaban J connectivity index is 1.77. The van der Waals surface area contributed by atoms with E-state index >= 15 is 0 Å². The average Bonchev–Trinajstić information content (AvgIpc) is 3.00. The third-order valence-electron chi connectivity index (χ3n) is 4.39. The number of hydrogen-bond donors (Lipinski definition) is 1. The molecule has 1 unspecified atom stereocenters. The van der Waals surface area contributed by atoms with Gasteiger partial charge in [0.15, 0.2) is 0 Å². The van der Waals surface area contributed by atoms with E-state index in [2.05, 4.69) is 5.32 Å². The Hall–Kier alpha value is -2.64. The Morgan fingerprint density at radius 2 is 2.00 bits per heavy atom. The second-order valence-corrected chi connectivity index (χ2v) is 7.02. The van der Waals surface area contributed by atoms with Crippen molar-refractivity contribution >= 4 is 52.1 Å². The largest absolute Gasteiger partial charge is 0.325 e. The van der Waals surface area contributed by atoms with Gasteiger partial charge in [-0.2, -0.15) is 0 Å². The zero-order valence-electron chi connectivity index (χ0n) is 14.2. The van der Waals surface area contributed by atoms with Crippen molar-refractivity contribution in [3.63, 3.8) is 0 Å². The summed E-state index contributed by atoms with van der Waals surface area (Å²) in [5.74, 6) is -1.81. The van der Waals surface area contributed by atoms with Gasteiger partial charge in [0.05, 0.1) is 15.6 Å². The lowest BCUT2D eigenvalue weighted by Crippen LogP contribution is -2.33. The molecule has 1 fully saturated rings. The summed E-state index contributed by atoms with van der Waals surface area (Å²) in [6, 6.07) is 9.16. The van der Waals surface area contributed by atoms with E-state index < -0.39 is 22.7 Å². The fraction of sp³-hybridized carbons (Fsp3) is 0.222. The normalized spacial score (nSPS) is 16.5. The van der Waals surface area contributed by atoms with Crippen LogP contribution in [0.4, 0.5) is 17.1 Å². The molecule has 2 aromatic carbocycles. The summed E-state index contributed by atoms with van der Waals surface area (Å²) in [5, 5.41) is 14.4. The summed E-state index contributed by atoms with van der Waals surface area (Å²) in [7, 11) is 0. The monoisotopic (exact) mass is 407 g/mol. The van der Waals surface area contributed by atoms with E-state index in [1.807, 2.05) is 0 Å². The first kappa shape index (κ1) is 19.1. The van der Waals surface area contributed by atoms with Gasteiger partial charge in [0.2, 0.25) is 11.8 Å². The molecule has 1 N–H and O–H groups in total. The van der Waals surface area contributed by atoms with Crippen LogP contribution in [0.5, 0.6) is 0 Å². The number of aryl methyl sites for hydroxylation is 1. The van der Waals surface area contributed by atoms with Crippen LogP contribution in [-0.2, 0) is 9.59 Å². The highest BCUT2D eigenvalue weighted by atomic mass is 35.5. The Bertz CT molecular complexity index is 948. The minimum atomic E-state index is -0.902. The molecule has 1 saturated heterocycles. The molecule has 0 aliphatic carbocycles. The maximum Gasteiger partial charge on any atom is 0.274 e. The van der Waals surface area contributed by atoms with Crippen LogP contribution in [0.2, 0.25) is 10.0 Å². The number of benzene rings is 2. The van der Waals surface area contributed by atoms with Crippen molar-refractivity contribution in [1.82, 2.24) is 0 Å². The Morgan fingerprint density at radius 1 is 1.26 bits per heavy atom. The second kappa shape index (κ2) is 7.54. The zero-order valence-corrected chi connectivity index (χ0v) is 15.8. The molecule has 2 amide bonds.